The predicted molar refractivity (Wildman–Crippen MR) is 77.4 cm³/mol. The zero-order valence-electron chi connectivity index (χ0n) is 12.7. The van der Waals surface area contributed by atoms with E-state index in [1.54, 1.807) is 20.8 Å². The maximum absolute atomic E-state index is 12.5. The Morgan fingerprint density at radius 2 is 1.73 bits per heavy atom. The monoisotopic (exact) mass is 316 g/mol. The standard InChI is InChI=1S/C14H18BF3NO3/c1-14(2,3)22-13(20)19-8-12(9-19)21-11-6-4-10(5-7-11)15(16,17)18/h4-7,12H,8-9H2,1-3H3/q-1. The maximum Gasteiger partial charge on any atom is 0.509 e. The van der Waals surface area contributed by atoms with Crippen LogP contribution in [0.2, 0.25) is 0 Å². The zero-order chi connectivity index (χ0) is 16.5. The number of halogens is 3. The molecular formula is C14H18BF3NO3-. The van der Waals surface area contributed by atoms with Gasteiger partial charge in [-0.05, 0) is 32.9 Å². The number of hydrogen-bond donors (Lipinski definition) is 0. The average molecular weight is 316 g/mol. The SMILES string of the molecule is CC(C)(C)OC(=O)N1CC(Oc2ccc([B-](F)(F)F)cc2)C1. The lowest BCUT2D eigenvalue weighted by Crippen LogP contribution is -2.57. The second-order valence-corrected chi connectivity index (χ2v) is 6.27. The number of hydrogen-bond acceptors (Lipinski definition) is 3. The molecule has 22 heavy (non-hydrogen) atoms. The molecule has 1 fully saturated rings. The highest BCUT2D eigenvalue weighted by atomic mass is 19.4. The van der Waals surface area contributed by atoms with E-state index in [0.717, 1.165) is 12.1 Å². The number of carbonyl (C=O) groups excluding carboxylic acids is 1. The summed E-state index contributed by atoms with van der Waals surface area (Å²) in [6, 6.07) is 4.58. The Hall–Kier alpha value is -1.86. The topological polar surface area (TPSA) is 38.8 Å². The Labute approximate surface area is 127 Å². The van der Waals surface area contributed by atoms with E-state index in [9.17, 15) is 17.7 Å². The van der Waals surface area contributed by atoms with Crippen LogP contribution in [0.5, 0.6) is 5.75 Å². The highest BCUT2D eigenvalue weighted by Gasteiger charge is 2.35. The Kier molecular flexibility index (Phi) is 4.31. The summed E-state index contributed by atoms with van der Waals surface area (Å²) in [5.74, 6) is 0.359. The molecule has 0 unspecified atom stereocenters. The van der Waals surface area contributed by atoms with Crippen LogP contribution in [0, 0.1) is 0 Å². The summed E-state index contributed by atoms with van der Waals surface area (Å²) in [6.45, 7) is 1.07. The first-order valence-corrected chi connectivity index (χ1v) is 6.99. The Morgan fingerprint density at radius 3 is 2.18 bits per heavy atom. The van der Waals surface area contributed by atoms with E-state index in [4.69, 9.17) is 9.47 Å². The fourth-order valence-corrected chi connectivity index (χ4v) is 1.95. The van der Waals surface area contributed by atoms with Crippen molar-refractivity contribution in [3.63, 3.8) is 0 Å². The summed E-state index contributed by atoms with van der Waals surface area (Å²) in [5.41, 5.74) is -1.21. The Morgan fingerprint density at radius 1 is 1.18 bits per heavy atom. The first-order valence-electron chi connectivity index (χ1n) is 6.99. The van der Waals surface area contributed by atoms with E-state index in [1.807, 2.05) is 0 Å². The van der Waals surface area contributed by atoms with Gasteiger partial charge in [-0.15, -0.1) is 5.46 Å². The van der Waals surface area contributed by atoms with Gasteiger partial charge >= 0.3 is 13.1 Å². The van der Waals surface area contributed by atoms with Gasteiger partial charge in [0.2, 0.25) is 0 Å². The molecule has 1 aromatic rings. The fourth-order valence-electron chi connectivity index (χ4n) is 1.95. The molecule has 1 heterocycles. The van der Waals surface area contributed by atoms with E-state index >= 15 is 0 Å². The zero-order valence-corrected chi connectivity index (χ0v) is 12.7. The molecule has 2 rings (SSSR count). The molecule has 0 atom stereocenters. The summed E-state index contributed by atoms with van der Waals surface area (Å²) >= 11 is 0. The summed E-state index contributed by atoms with van der Waals surface area (Å²) in [4.78, 5) is 13.2. The lowest BCUT2D eigenvalue weighted by molar-refractivity contribution is -0.0221. The number of amides is 1. The third-order valence-corrected chi connectivity index (χ3v) is 3.06. The molecule has 0 spiro atoms. The third kappa shape index (κ3) is 4.32. The average Bonchev–Trinajstić information content (AvgIpc) is 2.30. The Balaban J connectivity index is 1.82. The minimum absolute atomic E-state index is 0.227. The van der Waals surface area contributed by atoms with Crippen molar-refractivity contribution in [2.45, 2.75) is 32.5 Å². The van der Waals surface area contributed by atoms with Gasteiger partial charge in [0, 0.05) is 0 Å². The molecule has 1 amide bonds. The van der Waals surface area contributed by atoms with Gasteiger partial charge in [0.15, 0.2) is 0 Å². The molecule has 1 aromatic carbocycles. The lowest BCUT2D eigenvalue weighted by atomic mass is 9.80. The number of nitrogens with zero attached hydrogens (tertiary/aromatic N) is 1. The molecular weight excluding hydrogens is 298 g/mol. The first kappa shape index (κ1) is 16.5. The fraction of sp³-hybridized carbons (Fsp3) is 0.500. The smallest absolute Gasteiger partial charge is 0.487 e. The molecule has 0 radical (unpaired) electrons. The van der Waals surface area contributed by atoms with Crippen molar-refractivity contribution < 1.29 is 27.2 Å². The lowest BCUT2D eigenvalue weighted by Gasteiger charge is -2.39. The minimum atomic E-state index is -4.99. The van der Waals surface area contributed by atoms with Gasteiger partial charge in [0.1, 0.15) is 17.5 Å². The molecule has 1 saturated heterocycles. The van der Waals surface area contributed by atoms with Gasteiger partial charge in [-0.25, -0.2) is 4.79 Å². The molecule has 0 saturated carbocycles. The van der Waals surface area contributed by atoms with Crippen molar-refractivity contribution in [1.29, 1.82) is 0 Å². The third-order valence-electron chi connectivity index (χ3n) is 3.06. The number of benzene rings is 1. The van der Waals surface area contributed by atoms with Gasteiger partial charge in [0.05, 0.1) is 13.1 Å². The minimum Gasteiger partial charge on any atom is -0.487 e. The molecule has 1 aliphatic rings. The van der Waals surface area contributed by atoms with E-state index in [1.165, 1.54) is 17.0 Å². The van der Waals surface area contributed by atoms with Gasteiger partial charge in [0.25, 0.3) is 0 Å². The van der Waals surface area contributed by atoms with Crippen LogP contribution in [-0.4, -0.2) is 42.8 Å². The van der Waals surface area contributed by atoms with Crippen molar-refractivity contribution in [3.8, 4) is 5.75 Å². The van der Waals surface area contributed by atoms with Crippen molar-refractivity contribution in [2.75, 3.05) is 13.1 Å². The van der Waals surface area contributed by atoms with Crippen LogP contribution in [0.25, 0.3) is 0 Å². The molecule has 0 bridgehead atoms. The predicted octanol–water partition coefficient (Wildman–Crippen LogP) is 2.74. The quantitative estimate of drug-likeness (QED) is 0.805. The van der Waals surface area contributed by atoms with E-state index < -0.39 is 24.1 Å². The largest absolute Gasteiger partial charge is 0.509 e. The normalized spacial score (nSPS) is 16.2. The first-order chi connectivity index (χ1) is 10.0. The number of carbonyl (C=O) groups is 1. The second kappa shape index (κ2) is 5.74. The highest BCUT2D eigenvalue weighted by molar-refractivity contribution is 6.73. The molecule has 122 valence electrons. The molecule has 0 N–H and O–H groups in total. The van der Waals surface area contributed by atoms with Gasteiger partial charge in [-0.1, -0.05) is 12.1 Å². The summed E-state index contributed by atoms with van der Waals surface area (Å²) in [7, 11) is 0. The van der Waals surface area contributed by atoms with E-state index in [-0.39, 0.29) is 6.10 Å². The second-order valence-electron chi connectivity index (χ2n) is 6.27. The van der Waals surface area contributed by atoms with Crippen LogP contribution in [0.4, 0.5) is 17.7 Å². The number of ether oxygens (including phenoxy) is 2. The van der Waals surface area contributed by atoms with Crippen molar-refractivity contribution in [1.82, 2.24) is 4.90 Å². The van der Waals surface area contributed by atoms with Crippen molar-refractivity contribution in [3.05, 3.63) is 24.3 Å². The van der Waals surface area contributed by atoms with Crippen LogP contribution in [-0.2, 0) is 4.74 Å². The highest BCUT2D eigenvalue weighted by Crippen LogP contribution is 2.20. The van der Waals surface area contributed by atoms with E-state index in [0.29, 0.717) is 18.8 Å². The van der Waals surface area contributed by atoms with Crippen LogP contribution < -0.4 is 10.2 Å². The Bertz CT molecular complexity index is 534. The molecule has 0 aliphatic carbocycles. The summed E-state index contributed by atoms with van der Waals surface area (Å²) < 4.78 is 48.2. The maximum atomic E-state index is 12.5. The van der Waals surface area contributed by atoms with E-state index in [2.05, 4.69) is 0 Å². The van der Waals surface area contributed by atoms with Gasteiger partial charge in [-0.2, -0.15) is 0 Å². The van der Waals surface area contributed by atoms with Crippen LogP contribution in [0.1, 0.15) is 20.8 Å². The molecule has 8 heteroatoms. The molecule has 0 aromatic heterocycles. The number of likely N-dealkylation sites (tertiary alicyclic amines) is 1. The number of rotatable bonds is 3. The summed E-state index contributed by atoms with van der Waals surface area (Å²) in [6.07, 6.45) is -0.641. The summed E-state index contributed by atoms with van der Waals surface area (Å²) in [5, 5.41) is 0. The van der Waals surface area contributed by atoms with Crippen LogP contribution >= 0.6 is 0 Å². The van der Waals surface area contributed by atoms with Crippen molar-refractivity contribution in [2.24, 2.45) is 0 Å². The van der Waals surface area contributed by atoms with Gasteiger partial charge in [-0.3, -0.25) is 0 Å². The van der Waals surface area contributed by atoms with Crippen LogP contribution in [0.15, 0.2) is 24.3 Å². The molecule has 4 nitrogen and oxygen atoms in total. The van der Waals surface area contributed by atoms with Gasteiger partial charge < -0.3 is 27.3 Å². The van der Waals surface area contributed by atoms with Crippen LogP contribution in [0.3, 0.4) is 0 Å². The molecule has 1 aliphatic heterocycles. The van der Waals surface area contributed by atoms with Crippen molar-refractivity contribution >= 4 is 18.5 Å².